The van der Waals surface area contributed by atoms with Crippen LogP contribution in [0.2, 0.25) is 0 Å². The average molecular weight is 233 g/mol. The number of benzene rings is 1. The van der Waals surface area contributed by atoms with E-state index in [1.54, 1.807) is 5.56 Å². The number of hydrogen-bond acceptors (Lipinski definition) is 1. The highest BCUT2D eigenvalue weighted by Crippen LogP contribution is 2.20. The highest BCUT2D eigenvalue weighted by molar-refractivity contribution is 5.39. The molecule has 0 saturated carbocycles. The largest absolute Gasteiger partial charge is 0.313 e. The number of nitrogens with one attached hydrogen (secondary N) is 1. The van der Waals surface area contributed by atoms with Crippen LogP contribution in [-0.4, -0.2) is 6.54 Å². The Morgan fingerprint density at radius 1 is 0.882 bits per heavy atom. The third-order valence-electron chi connectivity index (χ3n) is 3.39. The molecule has 0 aromatic heterocycles. The lowest BCUT2D eigenvalue weighted by Crippen LogP contribution is -2.17. The Labute approximate surface area is 107 Å². The van der Waals surface area contributed by atoms with Gasteiger partial charge in [0.05, 0.1) is 0 Å². The van der Waals surface area contributed by atoms with E-state index in [9.17, 15) is 0 Å². The third-order valence-corrected chi connectivity index (χ3v) is 3.39. The molecule has 1 aromatic rings. The minimum absolute atomic E-state index is 1.03. The van der Waals surface area contributed by atoms with Crippen LogP contribution in [0, 0.1) is 0 Å². The van der Waals surface area contributed by atoms with Crippen molar-refractivity contribution in [3.05, 3.63) is 34.4 Å². The van der Waals surface area contributed by atoms with Gasteiger partial charge in [0.2, 0.25) is 0 Å². The fourth-order valence-electron chi connectivity index (χ4n) is 2.32. The lowest BCUT2D eigenvalue weighted by atomic mass is 9.93. The van der Waals surface area contributed by atoms with Crippen LogP contribution in [0.25, 0.3) is 0 Å². The zero-order valence-corrected chi connectivity index (χ0v) is 11.9. The van der Waals surface area contributed by atoms with Crippen molar-refractivity contribution in [3.63, 3.8) is 0 Å². The van der Waals surface area contributed by atoms with Crippen LogP contribution >= 0.6 is 0 Å². The first-order chi connectivity index (χ1) is 8.26. The second kappa shape index (κ2) is 7.50. The van der Waals surface area contributed by atoms with Gasteiger partial charge in [-0.1, -0.05) is 39.8 Å². The first-order valence-corrected chi connectivity index (χ1v) is 7.10. The summed E-state index contributed by atoms with van der Waals surface area (Å²) in [4.78, 5) is 0. The Hall–Kier alpha value is -0.820. The van der Waals surface area contributed by atoms with Crippen molar-refractivity contribution in [2.24, 2.45) is 0 Å². The molecule has 0 bridgehead atoms. The number of hydrogen-bond donors (Lipinski definition) is 1. The average Bonchev–Trinajstić information content (AvgIpc) is 2.38. The first kappa shape index (κ1) is 14.2. The van der Waals surface area contributed by atoms with Crippen LogP contribution in [0.5, 0.6) is 0 Å². The fourth-order valence-corrected chi connectivity index (χ4v) is 2.32. The fraction of sp³-hybridized carbons (Fsp3) is 0.625. The molecule has 0 fully saturated rings. The summed E-state index contributed by atoms with van der Waals surface area (Å²) in [5.41, 5.74) is 6.09. The van der Waals surface area contributed by atoms with Crippen LogP contribution < -0.4 is 5.32 Å². The predicted octanol–water partition coefficient (Wildman–Crippen LogP) is 3.87. The van der Waals surface area contributed by atoms with Gasteiger partial charge in [-0.3, -0.25) is 0 Å². The van der Waals surface area contributed by atoms with E-state index in [0.29, 0.717) is 0 Å². The monoisotopic (exact) mass is 233 g/mol. The van der Waals surface area contributed by atoms with Gasteiger partial charge in [-0.25, -0.2) is 0 Å². The molecule has 0 amide bonds. The quantitative estimate of drug-likeness (QED) is 0.705. The number of aryl methyl sites for hydroxylation is 3. The molecule has 17 heavy (non-hydrogen) atoms. The molecule has 1 nitrogen and oxygen atoms in total. The second-order valence-corrected chi connectivity index (χ2v) is 4.63. The molecule has 1 N–H and O–H groups in total. The summed E-state index contributed by atoms with van der Waals surface area (Å²) in [6.45, 7) is 11.1. The van der Waals surface area contributed by atoms with E-state index in [2.05, 4.69) is 45.1 Å². The molecule has 0 atom stereocenters. The molecule has 0 unspecified atom stereocenters. The normalized spacial score (nSPS) is 10.8. The van der Waals surface area contributed by atoms with Gasteiger partial charge in [0.25, 0.3) is 0 Å². The minimum Gasteiger partial charge on any atom is -0.313 e. The van der Waals surface area contributed by atoms with Crippen LogP contribution in [0.1, 0.15) is 56.4 Å². The Kier molecular flexibility index (Phi) is 6.28. The summed E-state index contributed by atoms with van der Waals surface area (Å²) in [5, 5.41) is 3.54. The van der Waals surface area contributed by atoms with Gasteiger partial charge in [0, 0.05) is 6.54 Å². The maximum atomic E-state index is 3.54. The van der Waals surface area contributed by atoms with E-state index in [4.69, 9.17) is 0 Å². The van der Waals surface area contributed by atoms with Crippen LogP contribution in [0.15, 0.2) is 12.1 Å². The standard InChI is InChI=1S/C16H27N/c1-5-9-17-12-16-14(7-3)10-13(6-2)11-15(16)8-4/h10-11,17H,5-9,12H2,1-4H3. The SMILES string of the molecule is CCCNCc1c(CC)cc(CC)cc1CC. The van der Waals surface area contributed by atoms with Crippen molar-refractivity contribution in [2.75, 3.05) is 6.54 Å². The molecule has 0 spiro atoms. The molecular formula is C16H27N. The van der Waals surface area contributed by atoms with Gasteiger partial charge < -0.3 is 5.32 Å². The molecule has 0 saturated heterocycles. The summed E-state index contributed by atoms with van der Waals surface area (Å²) in [7, 11) is 0. The summed E-state index contributed by atoms with van der Waals surface area (Å²) < 4.78 is 0. The molecular weight excluding hydrogens is 206 g/mol. The molecule has 0 aliphatic rings. The van der Waals surface area contributed by atoms with Crippen molar-refractivity contribution in [1.82, 2.24) is 5.32 Å². The summed E-state index contributed by atoms with van der Waals surface area (Å²) in [6.07, 6.45) is 4.63. The second-order valence-electron chi connectivity index (χ2n) is 4.63. The van der Waals surface area contributed by atoms with E-state index in [1.807, 2.05) is 0 Å². The van der Waals surface area contributed by atoms with Crippen molar-refractivity contribution in [1.29, 1.82) is 0 Å². The lowest BCUT2D eigenvalue weighted by molar-refractivity contribution is 0.667. The maximum Gasteiger partial charge on any atom is 0.0210 e. The molecule has 0 heterocycles. The summed E-state index contributed by atoms with van der Waals surface area (Å²) in [5.74, 6) is 0. The highest BCUT2D eigenvalue weighted by Gasteiger charge is 2.07. The van der Waals surface area contributed by atoms with Gasteiger partial charge in [0.1, 0.15) is 0 Å². The molecule has 0 aliphatic heterocycles. The lowest BCUT2D eigenvalue weighted by Gasteiger charge is -2.16. The Morgan fingerprint density at radius 3 is 1.88 bits per heavy atom. The van der Waals surface area contributed by atoms with E-state index in [0.717, 1.165) is 32.4 Å². The molecule has 0 radical (unpaired) electrons. The molecule has 1 aromatic carbocycles. The molecule has 1 rings (SSSR count). The Morgan fingerprint density at radius 2 is 1.47 bits per heavy atom. The van der Waals surface area contributed by atoms with E-state index in [-0.39, 0.29) is 0 Å². The predicted molar refractivity (Wildman–Crippen MR) is 76.6 cm³/mol. The van der Waals surface area contributed by atoms with Crippen LogP contribution in [0.4, 0.5) is 0 Å². The third kappa shape index (κ3) is 3.85. The Balaban J connectivity index is 2.98. The van der Waals surface area contributed by atoms with Crippen LogP contribution in [0.3, 0.4) is 0 Å². The summed E-state index contributed by atoms with van der Waals surface area (Å²) in [6, 6.07) is 4.78. The van der Waals surface area contributed by atoms with Crippen LogP contribution in [-0.2, 0) is 25.8 Å². The summed E-state index contributed by atoms with van der Waals surface area (Å²) >= 11 is 0. The number of rotatable bonds is 7. The topological polar surface area (TPSA) is 12.0 Å². The zero-order chi connectivity index (χ0) is 12.7. The van der Waals surface area contributed by atoms with Crippen molar-refractivity contribution in [2.45, 2.75) is 59.9 Å². The van der Waals surface area contributed by atoms with E-state index in [1.165, 1.54) is 23.1 Å². The zero-order valence-electron chi connectivity index (χ0n) is 11.9. The van der Waals surface area contributed by atoms with Gasteiger partial charge in [0.15, 0.2) is 0 Å². The van der Waals surface area contributed by atoms with E-state index >= 15 is 0 Å². The first-order valence-electron chi connectivity index (χ1n) is 7.10. The molecule has 1 heteroatoms. The van der Waals surface area contributed by atoms with Crippen molar-refractivity contribution >= 4 is 0 Å². The van der Waals surface area contributed by atoms with Gasteiger partial charge in [-0.15, -0.1) is 0 Å². The Bertz CT molecular complexity index is 316. The molecule has 0 aliphatic carbocycles. The van der Waals surface area contributed by atoms with Gasteiger partial charge >= 0.3 is 0 Å². The molecule has 96 valence electrons. The maximum absolute atomic E-state index is 3.54. The van der Waals surface area contributed by atoms with Crippen molar-refractivity contribution < 1.29 is 0 Å². The highest BCUT2D eigenvalue weighted by atomic mass is 14.8. The smallest absolute Gasteiger partial charge is 0.0210 e. The van der Waals surface area contributed by atoms with Crippen molar-refractivity contribution in [3.8, 4) is 0 Å². The minimum atomic E-state index is 1.03. The van der Waals surface area contributed by atoms with Gasteiger partial charge in [-0.05, 0) is 54.5 Å². The van der Waals surface area contributed by atoms with Gasteiger partial charge in [-0.2, -0.15) is 0 Å². The van der Waals surface area contributed by atoms with E-state index < -0.39 is 0 Å².